The summed E-state index contributed by atoms with van der Waals surface area (Å²) in [5.74, 6) is 1.49. The quantitative estimate of drug-likeness (QED) is 0.448. The van der Waals surface area contributed by atoms with Gasteiger partial charge in [-0.1, -0.05) is 34.1 Å². The van der Waals surface area contributed by atoms with E-state index in [0.717, 1.165) is 16.4 Å². The molecule has 0 saturated heterocycles. The van der Waals surface area contributed by atoms with Crippen molar-refractivity contribution in [1.82, 2.24) is 8.96 Å². The minimum Gasteiger partial charge on any atom is -0.457 e. The lowest BCUT2D eigenvalue weighted by atomic mass is 10.3. The number of aromatic nitrogens is 2. The van der Waals surface area contributed by atoms with E-state index in [1.807, 2.05) is 54.6 Å². The van der Waals surface area contributed by atoms with Gasteiger partial charge in [0.05, 0.1) is 17.3 Å². The summed E-state index contributed by atoms with van der Waals surface area (Å²) in [6, 6.07) is 21.9. The average Bonchev–Trinajstić information content (AvgIpc) is 3.02. The maximum absolute atomic E-state index is 12.4. The molecule has 0 unspecified atom stereocenters. The summed E-state index contributed by atoms with van der Waals surface area (Å²) in [5, 5.41) is 3.08. The average molecular weight is 458 g/mol. The summed E-state index contributed by atoms with van der Waals surface area (Å²) in [6.07, 6.45) is 1.15. The van der Waals surface area contributed by atoms with Crippen molar-refractivity contribution in [2.24, 2.45) is 0 Å². The number of rotatable bonds is 5. The van der Waals surface area contributed by atoms with Crippen LogP contribution in [0.3, 0.4) is 0 Å². The summed E-state index contributed by atoms with van der Waals surface area (Å²) >= 11 is 3.38. The van der Waals surface area contributed by atoms with Crippen molar-refractivity contribution in [2.75, 3.05) is 11.6 Å². The fraction of sp³-hybridized carbons (Fsp3) is 0.0500. The van der Waals surface area contributed by atoms with Crippen molar-refractivity contribution >= 4 is 48.6 Å². The van der Waals surface area contributed by atoms with Crippen molar-refractivity contribution in [1.29, 1.82) is 0 Å². The van der Waals surface area contributed by atoms with Crippen LogP contribution in [0, 0.1) is 0 Å². The van der Waals surface area contributed by atoms with E-state index in [1.54, 1.807) is 18.2 Å². The summed E-state index contributed by atoms with van der Waals surface area (Å²) in [7, 11) is -3.58. The fourth-order valence-electron chi connectivity index (χ4n) is 2.80. The van der Waals surface area contributed by atoms with E-state index in [4.69, 9.17) is 4.74 Å². The molecule has 0 saturated carbocycles. The highest BCUT2D eigenvalue weighted by Crippen LogP contribution is 2.29. The van der Waals surface area contributed by atoms with Gasteiger partial charge in [0.1, 0.15) is 11.5 Å². The molecule has 1 N–H and O–H groups in total. The molecular formula is C20H16BrN3O3S. The maximum Gasteiger partial charge on any atom is 0.239 e. The van der Waals surface area contributed by atoms with Gasteiger partial charge in [0.25, 0.3) is 0 Å². The number of hydrogen-bond acceptors (Lipinski definition) is 5. The molecular weight excluding hydrogens is 442 g/mol. The van der Waals surface area contributed by atoms with Gasteiger partial charge in [0.15, 0.2) is 0 Å². The normalized spacial score (nSPS) is 11.5. The highest BCUT2D eigenvalue weighted by Gasteiger charge is 2.19. The number of halogens is 1. The van der Waals surface area contributed by atoms with Crippen molar-refractivity contribution in [3.63, 3.8) is 0 Å². The van der Waals surface area contributed by atoms with Crippen LogP contribution in [0.25, 0.3) is 11.0 Å². The minimum absolute atomic E-state index is 0.219. The smallest absolute Gasteiger partial charge is 0.239 e. The highest BCUT2D eigenvalue weighted by atomic mass is 79.9. The second-order valence-electron chi connectivity index (χ2n) is 6.16. The SMILES string of the molecule is CS(=O)(=O)n1c(Nc2ccc(Br)cc2)nc2cc(Oc3ccccc3)ccc21. The molecule has 0 atom stereocenters. The molecule has 0 aliphatic heterocycles. The largest absolute Gasteiger partial charge is 0.457 e. The van der Waals surface area contributed by atoms with Crippen LogP contribution in [0.2, 0.25) is 0 Å². The molecule has 1 heterocycles. The van der Waals surface area contributed by atoms with E-state index in [0.29, 0.717) is 22.5 Å². The third-order valence-electron chi connectivity index (χ3n) is 4.00. The van der Waals surface area contributed by atoms with E-state index >= 15 is 0 Å². The molecule has 3 aromatic carbocycles. The van der Waals surface area contributed by atoms with Crippen LogP contribution < -0.4 is 10.1 Å². The number of anilines is 2. The first-order valence-corrected chi connectivity index (χ1v) is 11.0. The monoisotopic (exact) mass is 457 g/mol. The van der Waals surface area contributed by atoms with Crippen molar-refractivity contribution in [2.45, 2.75) is 0 Å². The molecule has 0 spiro atoms. The third-order valence-corrected chi connectivity index (χ3v) is 5.56. The number of benzene rings is 3. The number of ether oxygens (including phenoxy) is 1. The van der Waals surface area contributed by atoms with Crippen molar-refractivity contribution < 1.29 is 13.2 Å². The zero-order chi connectivity index (χ0) is 19.7. The van der Waals surface area contributed by atoms with E-state index in [1.165, 1.54) is 3.97 Å². The zero-order valence-corrected chi connectivity index (χ0v) is 17.2. The zero-order valence-electron chi connectivity index (χ0n) is 14.8. The first-order chi connectivity index (χ1) is 13.4. The van der Waals surface area contributed by atoms with E-state index in [-0.39, 0.29) is 5.95 Å². The third kappa shape index (κ3) is 3.88. The second kappa shape index (κ2) is 7.29. The van der Waals surface area contributed by atoms with Crippen molar-refractivity contribution in [3.05, 3.63) is 77.3 Å². The number of nitrogens with one attached hydrogen (secondary N) is 1. The Labute approximate surface area is 171 Å². The topological polar surface area (TPSA) is 73.2 Å². The fourth-order valence-corrected chi connectivity index (χ4v) is 3.98. The van der Waals surface area contributed by atoms with Crippen LogP contribution in [0.1, 0.15) is 0 Å². The molecule has 6 nitrogen and oxygen atoms in total. The first kappa shape index (κ1) is 18.5. The Morgan fingerprint density at radius 1 is 0.964 bits per heavy atom. The molecule has 142 valence electrons. The predicted molar refractivity (Wildman–Crippen MR) is 114 cm³/mol. The summed E-state index contributed by atoms with van der Waals surface area (Å²) < 4.78 is 32.7. The van der Waals surface area contributed by atoms with Crippen LogP contribution in [-0.4, -0.2) is 23.6 Å². The standard InChI is InChI=1S/C20H16BrN3O3S/c1-28(25,26)24-19-12-11-17(27-16-5-3-2-4-6-16)13-18(19)23-20(24)22-15-9-7-14(21)8-10-15/h2-13H,1H3,(H,22,23). The van der Waals surface area contributed by atoms with E-state index in [2.05, 4.69) is 26.2 Å². The Hall–Kier alpha value is -2.84. The van der Waals surface area contributed by atoms with Gasteiger partial charge < -0.3 is 10.1 Å². The minimum atomic E-state index is -3.58. The number of para-hydroxylation sites is 1. The molecule has 0 aliphatic rings. The first-order valence-electron chi connectivity index (χ1n) is 8.39. The van der Waals surface area contributed by atoms with Gasteiger partial charge in [-0.3, -0.25) is 0 Å². The van der Waals surface area contributed by atoms with Gasteiger partial charge in [0, 0.05) is 16.2 Å². The Morgan fingerprint density at radius 3 is 2.36 bits per heavy atom. The number of imidazole rings is 1. The van der Waals surface area contributed by atoms with Crippen LogP contribution >= 0.6 is 15.9 Å². The lowest BCUT2D eigenvalue weighted by Gasteiger charge is -2.09. The second-order valence-corrected chi connectivity index (χ2v) is 8.91. The summed E-state index contributed by atoms with van der Waals surface area (Å²) in [4.78, 5) is 4.48. The molecule has 4 rings (SSSR count). The summed E-state index contributed by atoms with van der Waals surface area (Å²) in [6.45, 7) is 0. The van der Waals surface area contributed by atoms with E-state index in [9.17, 15) is 8.42 Å². The van der Waals surface area contributed by atoms with Crippen LogP contribution in [0.4, 0.5) is 11.6 Å². The highest BCUT2D eigenvalue weighted by molar-refractivity contribution is 9.10. The number of hydrogen-bond donors (Lipinski definition) is 1. The van der Waals surface area contributed by atoms with E-state index < -0.39 is 10.0 Å². The Kier molecular flexibility index (Phi) is 4.82. The molecule has 28 heavy (non-hydrogen) atoms. The van der Waals surface area contributed by atoms with Crippen LogP contribution in [0.15, 0.2) is 77.3 Å². The lowest BCUT2D eigenvalue weighted by Crippen LogP contribution is -2.12. The molecule has 8 heteroatoms. The van der Waals surface area contributed by atoms with Crippen LogP contribution in [0.5, 0.6) is 11.5 Å². The molecule has 0 fully saturated rings. The van der Waals surface area contributed by atoms with Gasteiger partial charge >= 0.3 is 0 Å². The number of fused-ring (bicyclic) bond motifs is 1. The van der Waals surface area contributed by atoms with Crippen LogP contribution in [-0.2, 0) is 10.0 Å². The van der Waals surface area contributed by atoms with Gasteiger partial charge in [-0.25, -0.2) is 17.4 Å². The Bertz CT molecular complexity index is 1240. The van der Waals surface area contributed by atoms with Gasteiger partial charge in [-0.15, -0.1) is 0 Å². The molecule has 4 aromatic rings. The molecule has 0 aliphatic carbocycles. The number of nitrogens with zero attached hydrogens (tertiary/aromatic N) is 2. The molecule has 0 bridgehead atoms. The molecule has 0 radical (unpaired) electrons. The van der Waals surface area contributed by atoms with Crippen molar-refractivity contribution in [3.8, 4) is 11.5 Å². The predicted octanol–water partition coefficient (Wildman–Crippen LogP) is 5.14. The van der Waals surface area contributed by atoms with Gasteiger partial charge in [-0.2, -0.15) is 0 Å². The summed E-state index contributed by atoms with van der Waals surface area (Å²) in [5.41, 5.74) is 1.71. The van der Waals surface area contributed by atoms with Gasteiger partial charge in [-0.05, 0) is 48.5 Å². The Balaban J connectivity index is 1.77. The molecule has 1 aromatic heterocycles. The Morgan fingerprint density at radius 2 is 1.68 bits per heavy atom. The maximum atomic E-state index is 12.4. The van der Waals surface area contributed by atoms with Gasteiger partial charge in [0.2, 0.25) is 16.0 Å². The molecule has 0 amide bonds. The lowest BCUT2D eigenvalue weighted by molar-refractivity contribution is 0.483.